The average Bonchev–Trinajstić information content (AvgIpc) is 2.97. The van der Waals surface area contributed by atoms with Gasteiger partial charge in [0.25, 0.3) is 0 Å². The summed E-state index contributed by atoms with van der Waals surface area (Å²) in [6.45, 7) is 1.59. The third kappa shape index (κ3) is 3.85. The smallest absolute Gasteiger partial charge is 0.326 e. The normalized spacial score (nSPS) is 11.9. The summed E-state index contributed by atoms with van der Waals surface area (Å²) in [7, 11) is 0. The second-order valence-electron chi connectivity index (χ2n) is 4.53. The number of carboxylic acids is 1. The van der Waals surface area contributed by atoms with Gasteiger partial charge in [-0.05, 0) is 22.9 Å². The van der Waals surface area contributed by atoms with Gasteiger partial charge in [-0.1, -0.05) is 30.3 Å². The summed E-state index contributed by atoms with van der Waals surface area (Å²) in [4.78, 5) is 24.8. The third-order valence-corrected chi connectivity index (χ3v) is 3.03. The van der Waals surface area contributed by atoms with Crippen molar-refractivity contribution in [2.45, 2.75) is 26.1 Å². The Balaban J connectivity index is 2.15. The van der Waals surface area contributed by atoms with Crippen molar-refractivity contribution in [3.63, 3.8) is 0 Å². The van der Waals surface area contributed by atoms with Crippen molar-refractivity contribution in [2.24, 2.45) is 0 Å². The summed E-state index contributed by atoms with van der Waals surface area (Å²) in [5, 5.41) is 19.7. The SMILES string of the molecule is CC(C(=O)O)N(Cc1ccccc1)C(=O)Cn1cnnn1. The molecule has 1 amide bonds. The first-order valence-corrected chi connectivity index (χ1v) is 6.35. The Kier molecular flexibility index (Phi) is 4.60. The molecule has 21 heavy (non-hydrogen) atoms. The molecule has 110 valence electrons. The highest BCUT2D eigenvalue weighted by atomic mass is 16.4. The van der Waals surface area contributed by atoms with Crippen molar-refractivity contribution in [3.05, 3.63) is 42.2 Å². The first-order valence-electron chi connectivity index (χ1n) is 6.35. The molecule has 0 aliphatic carbocycles. The van der Waals surface area contributed by atoms with E-state index < -0.39 is 12.0 Å². The number of carbonyl (C=O) groups is 2. The second kappa shape index (κ2) is 6.60. The molecule has 1 N–H and O–H groups in total. The molecule has 0 fully saturated rings. The van der Waals surface area contributed by atoms with Crippen LogP contribution in [0, 0.1) is 0 Å². The van der Waals surface area contributed by atoms with Crippen molar-refractivity contribution < 1.29 is 14.7 Å². The van der Waals surface area contributed by atoms with E-state index in [1.165, 1.54) is 22.8 Å². The highest BCUT2D eigenvalue weighted by Crippen LogP contribution is 2.10. The minimum absolute atomic E-state index is 0.0997. The highest BCUT2D eigenvalue weighted by Gasteiger charge is 2.26. The van der Waals surface area contributed by atoms with Crippen molar-refractivity contribution in [1.29, 1.82) is 0 Å². The fourth-order valence-corrected chi connectivity index (χ4v) is 1.84. The van der Waals surface area contributed by atoms with Gasteiger partial charge in [-0.25, -0.2) is 9.48 Å². The van der Waals surface area contributed by atoms with Gasteiger partial charge in [0, 0.05) is 6.54 Å². The quantitative estimate of drug-likeness (QED) is 0.813. The zero-order valence-electron chi connectivity index (χ0n) is 11.5. The van der Waals surface area contributed by atoms with E-state index >= 15 is 0 Å². The molecule has 0 aliphatic heterocycles. The molecular weight excluding hydrogens is 274 g/mol. The van der Waals surface area contributed by atoms with E-state index in [-0.39, 0.29) is 19.0 Å². The van der Waals surface area contributed by atoms with Gasteiger partial charge in [-0.3, -0.25) is 4.79 Å². The second-order valence-corrected chi connectivity index (χ2v) is 4.53. The summed E-state index contributed by atoms with van der Waals surface area (Å²) < 4.78 is 1.26. The molecule has 0 saturated carbocycles. The van der Waals surface area contributed by atoms with Gasteiger partial charge in [0.05, 0.1) is 0 Å². The van der Waals surface area contributed by atoms with Crippen LogP contribution in [0.5, 0.6) is 0 Å². The lowest BCUT2D eigenvalue weighted by molar-refractivity contribution is -0.150. The molecule has 2 aromatic rings. The Bertz CT molecular complexity index is 600. The highest BCUT2D eigenvalue weighted by molar-refractivity contribution is 5.83. The van der Waals surface area contributed by atoms with E-state index in [0.29, 0.717) is 0 Å². The number of benzene rings is 1. The van der Waals surface area contributed by atoms with E-state index in [1.807, 2.05) is 30.3 Å². The van der Waals surface area contributed by atoms with Crippen LogP contribution >= 0.6 is 0 Å². The maximum Gasteiger partial charge on any atom is 0.326 e. The van der Waals surface area contributed by atoms with Crippen molar-refractivity contribution in [3.8, 4) is 0 Å². The number of hydrogen-bond acceptors (Lipinski definition) is 5. The van der Waals surface area contributed by atoms with Crippen LogP contribution < -0.4 is 0 Å². The lowest BCUT2D eigenvalue weighted by atomic mass is 10.2. The van der Waals surface area contributed by atoms with Crippen molar-refractivity contribution in [1.82, 2.24) is 25.1 Å². The Morgan fingerprint density at radius 1 is 1.33 bits per heavy atom. The number of carboxylic acid groups (broad SMARTS) is 1. The standard InChI is InChI=1S/C13H15N5O3/c1-10(13(20)21)18(7-11-5-3-2-4-6-11)12(19)8-17-9-14-15-16-17/h2-6,9-10H,7-8H2,1H3,(H,20,21). The molecule has 8 heteroatoms. The Morgan fingerprint density at radius 2 is 2.05 bits per heavy atom. The molecule has 1 unspecified atom stereocenters. The fourth-order valence-electron chi connectivity index (χ4n) is 1.84. The molecule has 0 spiro atoms. The molecule has 1 atom stereocenters. The summed E-state index contributed by atoms with van der Waals surface area (Å²) in [5.41, 5.74) is 0.857. The van der Waals surface area contributed by atoms with Gasteiger partial charge in [0.2, 0.25) is 5.91 Å². The number of aromatic nitrogens is 4. The Morgan fingerprint density at radius 3 is 2.62 bits per heavy atom. The summed E-state index contributed by atoms with van der Waals surface area (Å²) in [6, 6.07) is 8.28. The number of carbonyl (C=O) groups excluding carboxylic acids is 1. The number of aliphatic carboxylic acids is 1. The van der Waals surface area contributed by atoms with Gasteiger partial charge < -0.3 is 10.0 Å². The van der Waals surface area contributed by atoms with Gasteiger partial charge in [-0.15, -0.1) is 5.10 Å². The fraction of sp³-hybridized carbons (Fsp3) is 0.308. The zero-order chi connectivity index (χ0) is 15.2. The van der Waals surface area contributed by atoms with Crippen LogP contribution in [0.25, 0.3) is 0 Å². The predicted molar refractivity (Wildman–Crippen MR) is 71.9 cm³/mol. The van der Waals surface area contributed by atoms with E-state index in [0.717, 1.165) is 5.56 Å². The van der Waals surface area contributed by atoms with Crippen LogP contribution in [0.3, 0.4) is 0 Å². The number of rotatable bonds is 6. The molecule has 0 bridgehead atoms. The zero-order valence-corrected chi connectivity index (χ0v) is 11.5. The van der Waals surface area contributed by atoms with Crippen LogP contribution in [-0.4, -0.2) is 48.1 Å². The van der Waals surface area contributed by atoms with Crippen molar-refractivity contribution in [2.75, 3.05) is 0 Å². The summed E-state index contributed by atoms with van der Waals surface area (Å²) in [6.07, 6.45) is 1.31. The molecule has 0 saturated heterocycles. The molecule has 0 aliphatic rings. The molecular formula is C13H15N5O3. The van der Waals surface area contributed by atoms with Crippen molar-refractivity contribution >= 4 is 11.9 Å². The summed E-state index contributed by atoms with van der Waals surface area (Å²) >= 11 is 0. The van der Waals surface area contributed by atoms with Crippen LogP contribution in [0.15, 0.2) is 36.7 Å². The molecule has 2 rings (SSSR count). The minimum Gasteiger partial charge on any atom is -0.480 e. The number of hydrogen-bond donors (Lipinski definition) is 1. The minimum atomic E-state index is -1.06. The predicted octanol–water partition coefficient (Wildman–Crippen LogP) is 0.175. The molecule has 1 heterocycles. The van der Waals surface area contributed by atoms with Crippen LogP contribution in [-0.2, 0) is 22.7 Å². The first-order chi connectivity index (χ1) is 10.1. The Hall–Kier alpha value is -2.77. The van der Waals surface area contributed by atoms with Gasteiger partial charge in [-0.2, -0.15) is 0 Å². The monoisotopic (exact) mass is 289 g/mol. The van der Waals surface area contributed by atoms with E-state index in [9.17, 15) is 9.59 Å². The maximum atomic E-state index is 12.3. The van der Waals surface area contributed by atoms with E-state index in [1.54, 1.807) is 0 Å². The van der Waals surface area contributed by atoms with Crippen LogP contribution in [0.1, 0.15) is 12.5 Å². The summed E-state index contributed by atoms with van der Waals surface area (Å²) in [5.74, 6) is -1.42. The lowest BCUT2D eigenvalue weighted by Gasteiger charge is -2.26. The molecule has 0 radical (unpaired) electrons. The largest absolute Gasteiger partial charge is 0.480 e. The average molecular weight is 289 g/mol. The van der Waals surface area contributed by atoms with Gasteiger partial charge in [0.15, 0.2) is 0 Å². The number of nitrogens with zero attached hydrogens (tertiary/aromatic N) is 5. The number of amides is 1. The number of tetrazole rings is 1. The lowest BCUT2D eigenvalue weighted by Crippen LogP contribution is -2.44. The molecule has 1 aromatic carbocycles. The van der Waals surface area contributed by atoms with Gasteiger partial charge in [0.1, 0.15) is 18.9 Å². The molecule has 8 nitrogen and oxygen atoms in total. The van der Waals surface area contributed by atoms with Crippen LogP contribution in [0.2, 0.25) is 0 Å². The third-order valence-electron chi connectivity index (χ3n) is 3.03. The van der Waals surface area contributed by atoms with Crippen LogP contribution in [0.4, 0.5) is 0 Å². The van der Waals surface area contributed by atoms with Gasteiger partial charge >= 0.3 is 5.97 Å². The van der Waals surface area contributed by atoms with E-state index in [4.69, 9.17) is 5.11 Å². The van der Waals surface area contributed by atoms with E-state index in [2.05, 4.69) is 15.5 Å². The molecule has 1 aromatic heterocycles. The topological polar surface area (TPSA) is 101 Å². The maximum absolute atomic E-state index is 12.3. The Labute approximate surface area is 121 Å². The first kappa shape index (κ1) is 14.6.